The van der Waals surface area contributed by atoms with E-state index in [4.69, 9.17) is 0 Å². The molecule has 0 heterocycles. The maximum Gasteiger partial charge on any atom is 0.234 e. The van der Waals surface area contributed by atoms with E-state index in [1.807, 2.05) is 51.0 Å². The second kappa shape index (κ2) is 6.77. The van der Waals surface area contributed by atoms with Gasteiger partial charge in [-0.2, -0.15) is 0 Å². The van der Waals surface area contributed by atoms with E-state index in [2.05, 4.69) is 10.0 Å². The molecule has 0 radical (unpaired) electrons. The molecule has 6 heteroatoms. The van der Waals surface area contributed by atoms with Gasteiger partial charge in [0.1, 0.15) is 0 Å². The number of nitrogens with one attached hydrogen (secondary N) is 2. The fourth-order valence-electron chi connectivity index (χ4n) is 1.65. The Morgan fingerprint density at radius 1 is 1.21 bits per heavy atom. The molecule has 1 aromatic carbocycles. The van der Waals surface area contributed by atoms with Crippen LogP contribution in [-0.4, -0.2) is 40.9 Å². The fourth-order valence-corrected chi connectivity index (χ4v) is 2.65. The molecule has 0 saturated carbocycles. The van der Waals surface area contributed by atoms with Crippen LogP contribution in [0.5, 0.6) is 0 Å². The van der Waals surface area contributed by atoms with Gasteiger partial charge in [0.2, 0.25) is 10.0 Å². The molecule has 0 aliphatic carbocycles. The predicted molar refractivity (Wildman–Crippen MR) is 81.3 cm³/mol. The lowest BCUT2D eigenvalue weighted by Crippen LogP contribution is -2.31. The number of hydrogen-bond acceptors (Lipinski definition) is 4. The van der Waals surface area contributed by atoms with E-state index in [9.17, 15) is 8.42 Å². The van der Waals surface area contributed by atoms with Crippen molar-refractivity contribution in [1.29, 1.82) is 0 Å². The highest BCUT2D eigenvalue weighted by Crippen LogP contribution is 2.24. The summed E-state index contributed by atoms with van der Waals surface area (Å²) in [6, 6.07) is 7.63. The molecule has 2 N–H and O–H groups in total. The lowest BCUT2D eigenvalue weighted by Gasteiger charge is -2.18. The minimum atomic E-state index is -3.33. The zero-order valence-electron chi connectivity index (χ0n) is 12.0. The molecule has 0 fully saturated rings. The predicted octanol–water partition coefficient (Wildman–Crippen LogP) is 1.49. The van der Waals surface area contributed by atoms with Gasteiger partial charge in [-0.15, -0.1) is 0 Å². The van der Waals surface area contributed by atoms with Crippen molar-refractivity contribution < 1.29 is 8.42 Å². The molecule has 0 aliphatic heterocycles. The third-order valence-electron chi connectivity index (χ3n) is 2.57. The maximum atomic E-state index is 12.0. The smallest absolute Gasteiger partial charge is 0.234 e. The molecule has 0 amide bonds. The number of hydrogen-bond donors (Lipinski definition) is 2. The molecule has 0 bridgehead atoms. The third kappa shape index (κ3) is 5.48. The van der Waals surface area contributed by atoms with Crippen LogP contribution in [-0.2, 0) is 10.0 Å². The van der Waals surface area contributed by atoms with Crippen molar-refractivity contribution in [3.05, 3.63) is 24.3 Å². The number of sulfonamides is 1. The first-order valence-electron chi connectivity index (χ1n) is 6.32. The Labute approximate surface area is 116 Å². The largest absolute Gasteiger partial charge is 0.376 e. The van der Waals surface area contributed by atoms with Crippen LogP contribution in [0.3, 0.4) is 0 Å². The normalized spacial score (nSPS) is 11.6. The average molecular weight is 285 g/mol. The molecule has 0 aliphatic rings. The zero-order chi connectivity index (χ0) is 14.5. The second-order valence-corrected chi connectivity index (χ2v) is 6.78. The van der Waals surface area contributed by atoms with Crippen LogP contribution >= 0.6 is 0 Å². The highest BCUT2D eigenvalue weighted by atomic mass is 32.2. The highest BCUT2D eigenvalue weighted by Gasteiger charge is 2.13. The monoisotopic (exact) mass is 285 g/mol. The Balaban J connectivity index is 2.73. The first kappa shape index (κ1) is 15.8. The van der Waals surface area contributed by atoms with E-state index in [1.54, 1.807) is 6.07 Å². The van der Waals surface area contributed by atoms with Crippen molar-refractivity contribution in [2.24, 2.45) is 0 Å². The summed E-state index contributed by atoms with van der Waals surface area (Å²) in [4.78, 5) is 1.88. The van der Waals surface area contributed by atoms with Crippen molar-refractivity contribution in [3.8, 4) is 0 Å². The minimum absolute atomic E-state index is 0.0624. The molecule has 0 spiro atoms. The summed E-state index contributed by atoms with van der Waals surface area (Å²) in [6.45, 7) is 4.42. The Kier molecular flexibility index (Phi) is 5.62. The summed E-state index contributed by atoms with van der Waals surface area (Å²) in [6.07, 6.45) is 0. The third-order valence-corrected chi connectivity index (χ3v) is 3.85. The lowest BCUT2D eigenvalue weighted by atomic mass is 10.2. The number of nitrogens with zero attached hydrogens (tertiary/aromatic N) is 1. The fraction of sp³-hybridized carbons (Fsp3) is 0.538. The van der Waals surface area contributed by atoms with Gasteiger partial charge in [-0.05, 0) is 12.1 Å². The topological polar surface area (TPSA) is 61.4 Å². The molecule has 0 atom stereocenters. The van der Waals surface area contributed by atoms with Gasteiger partial charge in [-0.3, -0.25) is 4.72 Å². The molecule has 0 saturated heterocycles. The highest BCUT2D eigenvalue weighted by molar-refractivity contribution is 7.92. The van der Waals surface area contributed by atoms with E-state index in [0.717, 1.165) is 5.69 Å². The number of rotatable bonds is 7. The van der Waals surface area contributed by atoms with E-state index < -0.39 is 10.0 Å². The van der Waals surface area contributed by atoms with Gasteiger partial charge < -0.3 is 10.2 Å². The molecule has 19 heavy (non-hydrogen) atoms. The molecular formula is C13H23N3O2S. The SMILES string of the molecule is CC(C)NCCS(=O)(=O)Nc1ccccc1N(C)C. The van der Waals surface area contributed by atoms with Crippen LogP contribution < -0.4 is 14.9 Å². The quantitative estimate of drug-likeness (QED) is 0.797. The van der Waals surface area contributed by atoms with Crippen LogP contribution in [0.15, 0.2) is 24.3 Å². The molecule has 1 aromatic rings. The molecule has 108 valence electrons. The first-order chi connectivity index (χ1) is 8.82. The Bertz CT molecular complexity index is 498. The van der Waals surface area contributed by atoms with Crippen molar-refractivity contribution in [2.45, 2.75) is 19.9 Å². The van der Waals surface area contributed by atoms with Gasteiger partial charge in [0.15, 0.2) is 0 Å². The summed E-state index contributed by atoms with van der Waals surface area (Å²) in [5.74, 6) is 0.0624. The van der Waals surface area contributed by atoms with Crippen molar-refractivity contribution >= 4 is 21.4 Å². The number of benzene rings is 1. The molecule has 0 aromatic heterocycles. The van der Waals surface area contributed by atoms with Gasteiger partial charge >= 0.3 is 0 Å². The minimum Gasteiger partial charge on any atom is -0.376 e. The summed E-state index contributed by atoms with van der Waals surface area (Å²) in [5.41, 5.74) is 1.46. The lowest BCUT2D eigenvalue weighted by molar-refractivity contribution is 0.582. The summed E-state index contributed by atoms with van der Waals surface area (Å²) in [5, 5.41) is 3.10. The standard InChI is InChI=1S/C13H23N3O2S/c1-11(2)14-9-10-19(17,18)15-12-7-5-6-8-13(12)16(3)4/h5-8,11,14-15H,9-10H2,1-4H3. The average Bonchev–Trinajstić information content (AvgIpc) is 2.27. The van der Waals surface area contributed by atoms with Crippen molar-refractivity contribution in [1.82, 2.24) is 5.32 Å². The van der Waals surface area contributed by atoms with Gasteiger partial charge in [0.25, 0.3) is 0 Å². The summed E-state index contributed by atoms with van der Waals surface area (Å²) in [7, 11) is 0.439. The van der Waals surface area contributed by atoms with E-state index in [1.165, 1.54) is 0 Å². The Morgan fingerprint density at radius 3 is 2.42 bits per heavy atom. The van der Waals surface area contributed by atoms with E-state index in [0.29, 0.717) is 12.2 Å². The second-order valence-electron chi connectivity index (χ2n) is 4.94. The van der Waals surface area contributed by atoms with Gasteiger partial charge in [-0.1, -0.05) is 26.0 Å². The van der Waals surface area contributed by atoms with Crippen molar-refractivity contribution in [2.75, 3.05) is 36.0 Å². The number of anilines is 2. The van der Waals surface area contributed by atoms with Gasteiger partial charge in [-0.25, -0.2) is 8.42 Å². The van der Waals surface area contributed by atoms with Crippen LogP contribution in [0.4, 0.5) is 11.4 Å². The molecular weight excluding hydrogens is 262 g/mol. The Hall–Kier alpha value is -1.27. The maximum absolute atomic E-state index is 12.0. The van der Waals surface area contributed by atoms with Crippen LogP contribution in [0.25, 0.3) is 0 Å². The van der Waals surface area contributed by atoms with E-state index in [-0.39, 0.29) is 11.8 Å². The summed E-state index contributed by atoms with van der Waals surface area (Å²) >= 11 is 0. The van der Waals surface area contributed by atoms with E-state index >= 15 is 0 Å². The molecule has 5 nitrogen and oxygen atoms in total. The zero-order valence-corrected chi connectivity index (χ0v) is 12.8. The Morgan fingerprint density at radius 2 is 1.84 bits per heavy atom. The van der Waals surface area contributed by atoms with Crippen LogP contribution in [0, 0.1) is 0 Å². The van der Waals surface area contributed by atoms with Gasteiger partial charge in [0.05, 0.1) is 17.1 Å². The van der Waals surface area contributed by atoms with Gasteiger partial charge in [0, 0.05) is 26.7 Å². The van der Waals surface area contributed by atoms with Crippen molar-refractivity contribution in [3.63, 3.8) is 0 Å². The first-order valence-corrected chi connectivity index (χ1v) is 7.97. The molecule has 0 unspecified atom stereocenters. The summed E-state index contributed by atoms with van der Waals surface area (Å²) < 4.78 is 26.6. The molecule has 1 rings (SSSR count). The van der Waals surface area contributed by atoms with Crippen LogP contribution in [0.2, 0.25) is 0 Å². The number of para-hydroxylation sites is 2. The van der Waals surface area contributed by atoms with Crippen LogP contribution in [0.1, 0.15) is 13.8 Å².